The first-order valence-electron chi connectivity index (χ1n) is 5.26. The highest BCUT2D eigenvalue weighted by atomic mass is 32.1. The standard InChI is InChI=1S/C11H14N4O2S/c1-15(2)11-13-10(18-14-11)7-5-6-8(16-3)12-9(7)17-4/h5-6H,1-4H3. The summed E-state index contributed by atoms with van der Waals surface area (Å²) in [4.78, 5) is 10.5. The summed E-state index contributed by atoms with van der Waals surface area (Å²) >= 11 is 1.31. The molecule has 0 unspecified atom stereocenters. The third kappa shape index (κ3) is 2.35. The molecule has 0 spiro atoms. The molecule has 7 heteroatoms. The molecule has 96 valence electrons. The fourth-order valence-electron chi connectivity index (χ4n) is 1.36. The zero-order chi connectivity index (χ0) is 13.1. The van der Waals surface area contributed by atoms with Gasteiger partial charge in [0.15, 0.2) is 5.01 Å². The van der Waals surface area contributed by atoms with Gasteiger partial charge in [-0.15, -0.1) is 0 Å². The van der Waals surface area contributed by atoms with E-state index in [2.05, 4.69) is 14.3 Å². The zero-order valence-electron chi connectivity index (χ0n) is 10.7. The van der Waals surface area contributed by atoms with Crippen molar-refractivity contribution in [2.24, 2.45) is 0 Å². The Morgan fingerprint density at radius 2 is 1.89 bits per heavy atom. The number of hydrogen-bond donors (Lipinski definition) is 0. The Balaban J connectivity index is 2.42. The van der Waals surface area contributed by atoms with E-state index < -0.39 is 0 Å². The molecule has 0 aliphatic carbocycles. The number of methoxy groups -OCH3 is 2. The van der Waals surface area contributed by atoms with E-state index in [1.807, 2.05) is 25.1 Å². The van der Waals surface area contributed by atoms with Gasteiger partial charge in [-0.25, -0.2) is 0 Å². The lowest BCUT2D eigenvalue weighted by atomic mass is 10.3. The molecule has 0 saturated heterocycles. The van der Waals surface area contributed by atoms with Crippen LogP contribution in [0.3, 0.4) is 0 Å². The molecule has 18 heavy (non-hydrogen) atoms. The van der Waals surface area contributed by atoms with Gasteiger partial charge in [-0.2, -0.15) is 14.3 Å². The maximum absolute atomic E-state index is 5.25. The van der Waals surface area contributed by atoms with Crippen molar-refractivity contribution in [2.45, 2.75) is 0 Å². The van der Waals surface area contributed by atoms with Crippen LogP contribution in [0.5, 0.6) is 11.8 Å². The van der Waals surface area contributed by atoms with Gasteiger partial charge in [0.05, 0.1) is 19.8 Å². The Morgan fingerprint density at radius 1 is 1.11 bits per heavy atom. The van der Waals surface area contributed by atoms with Crippen LogP contribution in [0.1, 0.15) is 0 Å². The fourth-order valence-corrected chi connectivity index (χ4v) is 2.11. The summed E-state index contributed by atoms with van der Waals surface area (Å²) in [5.41, 5.74) is 0.809. The molecule has 0 amide bonds. The second-order valence-electron chi connectivity index (χ2n) is 3.70. The van der Waals surface area contributed by atoms with Gasteiger partial charge in [0, 0.05) is 20.2 Å². The predicted molar refractivity (Wildman–Crippen MR) is 70.6 cm³/mol. The zero-order valence-corrected chi connectivity index (χ0v) is 11.5. The maximum atomic E-state index is 5.25. The molecule has 0 saturated carbocycles. The minimum absolute atomic E-state index is 0.482. The van der Waals surface area contributed by atoms with Crippen LogP contribution in [-0.4, -0.2) is 42.7 Å². The highest BCUT2D eigenvalue weighted by Gasteiger charge is 2.14. The van der Waals surface area contributed by atoms with Crippen LogP contribution in [0.4, 0.5) is 5.95 Å². The summed E-state index contributed by atoms with van der Waals surface area (Å²) in [7, 11) is 6.93. The second kappa shape index (κ2) is 5.18. The highest BCUT2D eigenvalue weighted by molar-refractivity contribution is 7.09. The van der Waals surface area contributed by atoms with Crippen LogP contribution in [0.15, 0.2) is 12.1 Å². The van der Waals surface area contributed by atoms with Crippen LogP contribution in [0.25, 0.3) is 10.6 Å². The molecule has 0 atom stereocenters. The van der Waals surface area contributed by atoms with Crippen molar-refractivity contribution in [3.63, 3.8) is 0 Å². The summed E-state index contributed by atoms with van der Waals surface area (Å²) in [6, 6.07) is 3.64. The Bertz CT molecular complexity index is 542. The van der Waals surface area contributed by atoms with Crippen LogP contribution < -0.4 is 14.4 Å². The molecule has 0 bridgehead atoms. The quantitative estimate of drug-likeness (QED) is 0.839. The molecule has 2 heterocycles. The summed E-state index contributed by atoms with van der Waals surface area (Å²) in [5, 5.41) is 0.769. The SMILES string of the molecule is COc1ccc(-c2nc(N(C)C)ns2)c(OC)n1. The van der Waals surface area contributed by atoms with Crippen LogP contribution in [-0.2, 0) is 0 Å². The number of aromatic nitrogens is 3. The number of nitrogens with zero attached hydrogens (tertiary/aromatic N) is 4. The molecule has 2 aromatic rings. The van der Waals surface area contributed by atoms with E-state index in [1.165, 1.54) is 11.5 Å². The van der Waals surface area contributed by atoms with Crippen molar-refractivity contribution in [3.05, 3.63) is 12.1 Å². The summed E-state index contributed by atoms with van der Waals surface area (Å²) in [5.74, 6) is 1.66. The lowest BCUT2D eigenvalue weighted by Gasteiger charge is -2.07. The van der Waals surface area contributed by atoms with Crippen LogP contribution in [0, 0.1) is 0 Å². The van der Waals surface area contributed by atoms with Gasteiger partial charge in [-0.3, -0.25) is 0 Å². The smallest absolute Gasteiger partial charge is 0.237 e. The van der Waals surface area contributed by atoms with E-state index in [0.717, 1.165) is 10.6 Å². The first kappa shape index (κ1) is 12.6. The van der Waals surface area contributed by atoms with Gasteiger partial charge in [0.25, 0.3) is 0 Å². The monoisotopic (exact) mass is 266 g/mol. The Hall–Kier alpha value is -1.89. The summed E-state index contributed by atoms with van der Waals surface area (Å²) in [6.45, 7) is 0. The van der Waals surface area contributed by atoms with E-state index in [-0.39, 0.29) is 0 Å². The number of pyridine rings is 1. The van der Waals surface area contributed by atoms with Gasteiger partial charge < -0.3 is 14.4 Å². The van der Waals surface area contributed by atoms with E-state index in [9.17, 15) is 0 Å². The molecule has 0 aromatic carbocycles. The van der Waals surface area contributed by atoms with E-state index in [1.54, 1.807) is 20.3 Å². The van der Waals surface area contributed by atoms with E-state index in [4.69, 9.17) is 9.47 Å². The van der Waals surface area contributed by atoms with Crippen molar-refractivity contribution in [1.29, 1.82) is 0 Å². The van der Waals surface area contributed by atoms with Gasteiger partial charge in [-0.1, -0.05) is 0 Å². The van der Waals surface area contributed by atoms with E-state index in [0.29, 0.717) is 17.7 Å². The van der Waals surface area contributed by atoms with Crippen molar-refractivity contribution in [3.8, 4) is 22.3 Å². The average molecular weight is 266 g/mol. The lowest BCUT2D eigenvalue weighted by Crippen LogP contribution is -2.10. The molecule has 0 N–H and O–H groups in total. The first-order valence-corrected chi connectivity index (χ1v) is 6.03. The maximum Gasteiger partial charge on any atom is 0.237 e. The Labute approximate surface area is 109 Å². The predicted octanol–water partition coefficient (Wildman–Crippen LogP) is 1.68. The minimum Gasteiger partial charge on any atom is -0.481 e. The van der Waals surface area contributed by atoms with E-state index >= 15 is 0 Å². The minimum atomic E-state index is 0.482. The van der Waals surface area contributed by atoms with Crippen LogP contribution >= 0.6 is 11.5 Å². The third-order valence-corrected chi connectivity index (χ3v) is 3.02. The average Bonchev–Trinajstić information content (AvgIpc) is 2.87. The molecule has 2 aromatic heterocycles. The molecular formula is C11H14N4O2S. The molecule has 2 rings (SSSR count). The van der Waals surface area contributed by atoms with Gasteiger partial charge in [0.2, 0.25) is 17.7 Å². The van der Waals surface area contributed by atoms with Gasteiger partial charge in [-0.05, 0) is 17.6 Å². The molecule has 0 aliphatic heterocycles. The molecule has 0 fully saturated rings. The summed E-state index contributed by atoms with van der Waals surface area (Å²) < 4.78 is 14.6. The normalized spacial score (nSPS) is 10.2. The molecular weight excluding hydrogens is 252 g/mol. The molecule has 0 radical (unpaired) electrons. The van der Waals surface area contributed by atoms with Gasteiger partial charge >= 0.3 is 0 Å². The summed E-state index contributed by atoms with van der Waals surface area (Å²) in [6.07, 6.45) is 0. The largest absolute Gasteiger partial charge is 0.481 e. The first-order chi connectivity index (χ1) is 8.65. The van der Waals surface area contributed by atoms with Crippen LogP contribution in [0.2, 0.25) is 0 Å². The number of rotatable bonds is 4. The lowest BCUT2D eigenvalue weighted by molar-refractivity contribution is 0.366. The number of ether oxygens (including phenoxy) is 2. The molecule has 6 nitrogen and oxygen atoms in total. The van der Waals surface area contributed by atoms with Crippen molar-refractivity contribution in [2.75, 3.05) is 33.2 Å². The Morgan fingerprint density at radius 3 is 2.44 bits per heavy atom. The highest BCUT2D eigenvalue weighted by Crippen LogP contribution is 2.32. The second-order valence-corrected chi connectivity index (χ2v) is 4.46. The third-order valence-electron chi connectivity index (χ3n) is 2.28. The molecule has 0 aliphatic rings. The van der Waals surface area contributed by atoms with Crippen molar-refractivity contribution >= 4 is 17.5 Å². The van der Waals surface area contributed by atoms with Gasteiger partial charge in [0.1, 0.15) is 0 Å². The fraction of sp³-hybridized carbons (Fsp3) is 0.364. The number of hydrogen-bond acceptors (Lipinski definition) is 7. The number of anilines is 1. The Kier molecular flexibility index (Phi) is 3.61. The topological polar surface area (TPSA) is 60.4 Å². The van der Waals surface area contributed by atoms with Crippen molar-refractivity contribution in [1.82, 2.24) is 14.3 Å². The van der Waals surface area contributed by atoms with Crippen molar-refractivity contribution < 1.29 is 9.47 Å².